The van der Waals surface area contributed by atoms with Crippen LogP contribution in [-0.2, 0) is 4.79 Å². The van der Waals surface area contributed by atoms with Crippen molar-refractivity contribution in [1.82, 2.24) is 10.6 Å². The van der Waals surface area contributed by atoms with Gasteiger partial charge in [-0.05, 0) is 30.6 Å². The van der Waals surface area contributed by atoms with Gasteiger partial charge in [-0.15, -0.1) is 0 Å². The third-order valence-electron chi connectivity index (χ3n) is 3.85. The highest BCUT2D eigenvalue weighted by molar-refractivity contribution is 5.77. The molecule has 4 heteroatoms. The van der Waals surface area contributed by atoms with E-state index < -0.39 is 0 Å². The molecular formula is C15H27N3O. The Morgan fingerprint density at radius 1 is 1.37 bits per heavy atom. The Balaban J connectivity index is 2.25. The summed E-state index contributed by atoms with van der Waals surface area (Å²) in [7, 11) is 0. The van der Waals surface area contributed by atoms with Gasteiger partial charge in [-0.2, -0.15) is 5.26 Å². The van der Waals surface area contributed by atoms with Crippen molar-refractivity contribution in [3.05, 3.63) is 0 Å². The summed E-state index contributed by atoms with van der Waals surface area (Å²) < 4.78 is 0. The van der Waals surface area contributed by atoms with Crippen LogP contribution in [0, 0.1) is 22.7 Å². The summed E-state index contributed by atoms with van der Waals surface area (Å²) in [6, 6.07) is 2.02. The Morgan fingerprint density at radius 2 is 2.05 bits per heavy atom. The van der Waals surface area contributed by atoms with Gasteiger partial charge in [0, 0.05) is 13.1 Å². The van der Waals surface area contributed by atoms with Crippen molar-refractivity contribution in [2.75, 3.05) is 19.6 Å². The lowest BCUT2D eigenvalue weighted by molar-refractivity contribution is -0.120. The molecule has 0 bridgehead atoms. The average Bonchev–Trinajstić information content (AvgIpc) is 2.77. The van der Waals surface area contributed by atoms with E-state index >= 15 is 0 Å². The van der Waals surface area contributed by atoms with Gasteiger partial charge < -0.3 is 10.6 Å². The van der Waals surface area contributed by atoms with Crippen molar-refractivity contribution in [1.29, 1.82) is 5.26 Å². The second-order valence-electron chi connectivity index (χ2n) is 6.17. The van der Waals surface area contributed by atoms with Crippen molar-refractivity contribution in [3.63, 3.8) is 0 Å². The Bertz CT molecular complexity index is 314. The van der Waals surface area contributed by atoms with E-state index in [1.807, 2.05) is 6.07 Å². The smallest absolute Gasteiger partial charge is 0.233 e. The Labute approximate surface area is 116 Å². The minimum atomic E-state index is -0.00653. The monoisotopic (exact) mass is 265 g/mol. The molecule has 4 nitrogen and oxygen atoms in total. The molecule has 108 valence electrons. The van der Waals surface area contributed by atoms with Gasteiger partial charge in [0.05, 0.1) is 19.0 Å². The Morgan fingerprint density at radius 3 is 2.63 bits per heavy atom. The number of nitriles is 1. The molecule has 0 radical (unpaired) electrons. The molecule has 0 aromatic rings. The van der Waals surface area contributed by atoms with E-state index in [-0.39, 0.29) is 5.91 Å². The van der Waals surface area contributed by atoms with Crippen molar-refractivity contribution >= 4 is 5.91 Å². The van der Waals surface area contributed by atoms with E-state index in [9.17, 15) is 4.79 Å². The van der Waals surface area contributed by atoms with Gasteiger partial charge in [-0.25, -0.2) is 0 Å². The molecule has 1 saturated carbocycles. The first kappa shape index (κ1) is 16.0. The predicted molar refractivity (Wildman–Crippen MR) is 76.5 cm³/mol. The normalized spacial score (nSPS) is 17.4. The zero-order valence-electron chi connectivity index (χ0n) is 12.3. The van der Waals surface area contributed by atoms with Crippen LogP contribution < -0.4 is 10.6 Å². The van der Waals surface area contributed by atoms with E-state index in [4.69, 9.17) is 5.26 Å². The van der Waals surface area contributed by atoms with Crippen molar-refractivity contribution in [3.8, 4) is 6.07 Å². The van der Waals surface area contributed by atoms with Crippen LogP contribution in [0.3, 0.4) is 0 Å². The molecule has 0 saturated heterocycles. The molecule has 0 spiro atoms. The topological polar surface area (TPSA) is 64.9 Å². The maximum atomic E-state index is 11.5. The van der Waals surface area contributed by atoms with E-state index in [0.717, 1.165) is 6.54 Å². The predicted octanol–water partition coefficient (Wildman–Crippen LogP) is 2.21. The van der Waals surface area contributed by atoms with Gasteiger partial charge in [0.15, 0.2) is 0 Å². The van der Waals surface area contributed by atoms with Crippen LogP contribution in [-0.4, -0.2) is 25.5 Å². The van der Waals surface area contributed by atoms with Crippen molar-refractivity contribution in [2.45, 2.75) is 52.4 Å². The molecule has 1 amide bonds. The van der Waals surface area contributed by atoms with Gasteiger partial charge in [-0.1, -0.05) is 26.7 Å². The van der Waals surface area contributed by atoms with E-state index in [1.165, 1.54) is 32.1 Å². The second-order valence-corrected chi connectivity index (χ2v) is 6.17. The second kappa shape index (κ2) is 8.16. The lowest BCUT2D eigenvalue weighted by Crippen LogP contribution is -2.40. The fourth-order valence-corrected chi connectivity index (χ4v) is 3.21. The highest BCUT2D eigenvalue weighted by Gasteiger charge is 2.33. The molecule has 1 aliphatic rings. The number of hydrogen-bond donors (Lipinski definition) is 2. The third-order valence-corrected chi connectivity index (χ3v) is 3.85. The summed E-state index contributed by atoms with van der Waals surface area (Å²) in [6.45, 7) is 6.31. The van der Waals surface area contributed by atoms with E-state index in [0.29, 0.717) is 30.8 Å². The molecule has 0 atom stereocenters. The van der Waals surface area contributed by atoms with Crippen LogP contribution in [0.5, 0.6) is 0 Å². The first-order valence-corrected chi connectivity index (χ1v) is 7.42. The maximum absolute atomic E-state index is 11.5. The molecule has 0 aromatic heterocycles. The quantitative estimate of drug-likeness (QED) is 0.661. The number of carbonyl (C=O) groups is 1. The first-order valence-electron chi connectivity index (χ1n) is 7.42. The number of rotatable bonds is 8. The zero-order valence-corrected chi connectivity index (χ0v) is 12.3. The molecule has 1 rings (SSSR count). The largest absolute Gasteiger partial charge is 0.354 e. The summed E-state index contributed by atoms with van der Waals surface area (Å²) in [5, 5.41) is 14.4. The Hall–Kier alpha value is -1.08. The average molecular weight is 265 g/mol. The van der Waals surface area contributed by atoms with Crippen molar-refractivity contribution in [2.24, 2.45) is 11.3 Å². The molecule has 1 aliphatic carbocycles. The third kappa shape index (κ3) is 6.07. The highest BCUT2D eigenvalue weighted by atomic mass is 16.1. The molecule has 0 unspecified atom stereocenters. The van der Waals surface area contributed by atoms with Gasteiger partial charge >= 0.3 is 0 Å². The summed E-state index contributed by atoms with van der Waals surface area (Å²) in [5.41, 5.74) is 0.404. The van der Waals surface area contributed by atoms with E-state index in [2.05, 4.69) is 24.5 Å². The van der Waals surface area contributed by atoms with Crippen LogP contribution in [0.25, 0.3) is 0 Å². The minimum Gasteiger partial charge on any atom is -0.354 e. The summed E-state index contributed by atoms with van der Waals surface area (Å²) in [4.78, 5) is 11.5. The van der Waals surface area contributed by atoms with Crippen LogP contribution in [0.4, 0.5) is 0 Å². The number of nitrogens with one attached hydrogen (secondary N) is 2. The lowest BCUT2D eigenvalue weighted by atomic mass is 9.78. The zero-order chi connectivity index (χ0) is 14.1. The molecular weight excluding hydrogens is 238 g/mol. The number of hydrogen-bond acceptors (Lipinski definition) is 3. The standard InChI is InChI=1S/C15H27N3O/c1-13(2)10-15(6-3-4-7-15)12-17-11-14(19)18-9-5-8-16/h13,17H,3-7,9-12H2,1-2H3,(H,18,19). The minimum absolute atomic E-state index is 0.00653. The molecule has 2 N–H and O–H groups in total. The summed E-state index contributed by atoms with van der Waals surface area (Å²) in [6.07, 6.45) is 6.84. The lowest BCUT2D eigenvalue weighted by Gasteiger charge is -2.31. The van der Waals surface area contributed by atoms with Crippen molar-refractivity contribution < 1.29 is 4.79 Å². The SMILES string of the molecule is CC(C)CC1(CNCC(=O)NCCC#N)CCCC1. The summed E-state index contributed by atoms with van der Waals surface area (Å²) >= 11 is 0. The number of nitrogens with zero attached hydrogens (tertiary/aromatic N) is 1. The van der Waals surface area contributed by atoms with Crippen LogP contribution in [0.15, 0.2) is 0 Å². The van der Waals surface area contributed by atoms with Gasteiger partial charge in [-0.3, -0.25) is 4.79 Å². The maximum Gasteiger partial charge on any atom is 0.233 e. The fraction of sp³-hybridized carbons (Fsp3) is 0.867. The van der Waals surface area contributed by atoms with Gasteiger partial charge in [0.2, 0.25) is 5.91 Å². The number of carbonyl (C=O) groups excluding carboxylic acids is 1. The van der Waals surface area contributed by atoms with Gasteiger partial charge in [0.25, 0.3) is 0 Å². The van der Waals surface area contributed by atoms with Crippen LogP contribution >= 0.6 is 0 Å². The summed E-state index contributed by atoms with van der Waals surface area (Å²) in [5.74, 6) is 0.706. The van der Waals surface area contributed by atoms with Crippen LogP contribution in [0.2, 0.25) is 0 Å². The number of amides is 1. The highest BCUT2D eigenvalue weighted by Crippen LogP contribution is 2.42. The van der Waals surface area contributed by atoms with Crippen LogP contribution in [0.1, 0.15) is 52.4 Å². The molecule has 0 aliphatic heterocycles. The molecule has 0 aromatic carbocycles. The fourth-order valence-electron chi connectivity index (χ4n) is 3.21. The van der Waals surface area contributed by atoms with Gasteiger partial charge in [0.1, 0.15) is 0 Å². The van der Waals surface area contributed by atoms with E-state index in [1.54, 1.807) is 0 Å². The molecule has 0 heterocycles. The molecule has 1 fully saturated rings. The Kier molecular flexibility index (Phi) is 6.86. The molecule has 19 heavy (non-hydrogen) atoms. The first-order chi connectivity index (χ1) is 9.08.